The average Bonchev–Trinajstić information content (AvgIpc) is 2.68. The van der Waals surface area contributed by atoms with Gasteiger partial charge in [-0.15, -0.1) is 0 Å². The highest BCUT2D eigenvalue weighted by Crippen LogP contribution is 2.26. The molecule has 1 aliphatic rings. The minimum absolute atomic E-state index is 0.131. The molecule has 1 unspecified atom stereocenters. The van der Waals surface area contributed by atoms with Gasteiger partial charge < -0.3 is 10.2 Å². The van der Waals surface area contributed by atoms with Gasteiger partial charge in [-0.05, 0) is 38.3 Å². The molecule has 2 atom stereocenters. The highest BCUT2D eigenvalue weighted by molar-refractivity contribution is 6.22. The summed E-state index contributed by atoms with van der Waals surface area (Å²) in [6.07, 6.45) is 0.433. The Hall–Kier alpha value is -2.21. The number of amides is 2. The van der Waals surface area contributed by atoms with E-state index >= 15 is 0 Å². The van der Waals surface area contributed by atoms with Crippen molar-refractivity contribution in [1.82, 2.24) is 4.90 Å². The van der Waals surface area contributed by atoms with Crippen LogP contribution in [0.2, 0.25) is 0 Å². The predicted octanol–water partition coefficient (Wildman–Crippen LogP) is 1.29. The summed E-state index contributed by atoms with van der Waals surface area (Å²) >= 11 is 0. The van der Waals surface area contributed by atoms with Crippen LogP contribution in [0.4, 0.5) is 0 Å². The van der Waals surface area contributed by atoms with Gasteiger partial charge in [-0.1, -0.05) is 12.1 Å². The summed E-state index contributed by atoms with van der Waals surface area (Å²) in [6.45, 7) is 1.61. The third-order valence-electron chi connectivity index (χ3n) is 3.52. The molecular weight excluding hydrogens is 274 g/mol. The quantitative estimate of drug-likeness (QED) is 0.770. The summed E-state index contributed by atoms with van der Waals surface area (Å²) < 4.78 is 0. The van der Waals surface area contributed by atoms with Crippen molar-refractivity contribution >= 4 is 17.8 Å². The zero-order valence-corrected chi connectivity index (χ0v) is 11.7. The minimum atomic E-state index is -1.21. The molecule has 1 aliphatic heterocycles. The molecule has 0 fully saturated rings. The highest BCUT2D eigenvalue weighted by atomic mass is 16.4. The maximum absolute atomic E-state index is 12.2. The maximum Gasteiger partial charge on any atom is 0.326 e. The lowest BCUT2D eigenvalue weighted by molar-refractivity contribution is -0.141. The number of aliphatic hydroxyl groups excluding tert-OH is 1. The Morgan fingerprint density at radius 1 is 1.14 bits per heavy atom. The van der Waals surface area contributed by atoms with E-state index in [1.807, 2.05) is 0 Å². The standard InChI is InChI=1S/C15H17NO5/c1-9(17)5-4-8-12(15(20)21)16-13(18)10-6-2-3-7-11(10)14(16)19/h2-3,6-7,9,12,17H,4-5,8H2,1H3,(H,20,21)/t9?,12-/m0/s1. The fourth-order valence-electron chi connectivity index (χ4n) is 2.46. The average molecular weight is 291 g/mol. The monoisotopic (exact) mass is 291 g/mol. The maximum atomic E-state index is 12.2. The van der Waals surface area contributed by atoms with Crippen LogP contribution >= 0.6 is 0 Å². The van der Waals surface area contributed by atoms with E-state index in [-0.39, 0.29) is 17.5 Å². The molecule has 21 heavy (non-hydrogen) atoms. The molecule has 0 aliphatic carbocycles. The molecule has 1 heterocycles. The van der Waals surface area contributed by atoms with Crippen LogP contribution < -0.4 is 0 Å². The van der Waals surface area contributed by atoms with Crippen molar-refractivity contribution in [2.75, 3.05) is 0 Å². The van der Waals surface area contributed by atoms with Crippen molar-refractivity contribution in [3.05, 3.63) is 35.4 Å². The minimum Gasteiger partial charge on any atom is -0.480 e. The Morgan fingerprint density at radius 3 is 2.10 bits per heavy atom. The molecule has 6 nitrogen and oxygen atoms in total. The smallest absolute Gasteiger partial charge is 0.326 e. The summed E-state index contributed by atoms with van der Waals surface area (Å²) in [4.78, 5) is 36.7. The summed E-state index contributed by atoms with van der Waals surface area (Å²) in [5, 5.41) is 18.5. The molecule has 1 aromatic rings. The zero-order valence-electron chi connectivity index (χ0n) is 11.7. The van der Waals surface area contributed by atoms with E-state index < -0.39 is 29.9 Å². The van der Waals surface area contributed by atoms with Crippen LogP contribution in [0.15, 0.2) is 24.3 Å². The molecule has 1 aromatic carbocycles. The van der Waals surface area contributed by atoms with Crippen LogP contribution in [0.25, 0.3) is 0 Å². The van der Waals surface area contributed by atoms with Gasteiger partial charge in [0.2, 0.25) is 0 Å². The van der Waals surface area contributed by atoms with Gasteiger partial charge in [-0.2, -0.15) is 0 Å². The van der Waals surface area contributed by atoms with E-state index in [9.17, 15) is 24.6 Å². The third-order valence-corrected chi connectivity index (χ3v) is 3.52. The number of nitrogens with zero attached hydrogens (tertiary/aromatic N) is 1. The topological polar surface area (TPSA) is 94.9 Å². The first-order valence-corrected chi connectivity index (χ1v) is 6.81. The highest BCUT2D eigenvalue weighted by Gasteiger charge is 2.42. The van der Waals surface area contributed by atoms with Crippen LogP contribution in [0.1, 0.15) is 46.9 Å². The lowest BCUT2D eigenvalue weighted by Crippen LogP contribution is -2.44. The first-order valence-electron chi connectivity index (χ1n) is 6.81. The van der Waals surface area contributed by atoms with Crippen molar-refractivity contribution < 1.29 is 24.6 Å². The summed E-state index contributed by atoms with van der Waals surface area (Å²) in [5.74, 6) is -2.35. The van der Waals surface area contributed by atoms with Gasteiger partial charge in [0.15, 0.2) is 0 Å². The number of hydrogen-bond acceptors (Lipinski definition) is 4. The van der Waals surface area contributed by atoms with Crippen LogP contribution in [0.5, 0.6) is 0 Å². The number of imide groups is 1. The molecule has 0 spiro atoms. The lowest BCUT2D eigenvalue weighted by atomic mass is 10.1. The summed E-state index contributed by atoms with van der Waals surface area (Å²) in [7, 11) is 0. The van der Waals surface area contributed by atoms with Crippen LogP contribution in [-0.2, 0) is 4.79 Å². The van der Waals surface area contributed by atoms with Gasteiger partial charge in [0, 0.05) is 0 Å². The van der Waals surface area contributed by atoms with Gasteiger partial charge in [0.1, 0.15) is 6.04 Å². The number of rotatable bonds is 6. The number of benzene rings is 1. The zero-order chi connectivity index (χ0) is 15.6. The molecule has 0 radical (unpaired) electrons. The fourth-order valence-corrected chi connectivity index (χ4v) is 2.46. The van der Waals surface area contributed by atoms with E-state index in [1.54, 1.807) is 19.1 Å². The van der Waals surface area contributed by atoms with Gasteiger partial charge in [0.25, 0.3) is 11.8 Å². The van der Waals surface area contributed by atoms with Gasteiger partial charge in [-0.3, -0.25) is 14.5 Å². The molecule has 6 heteroatoms. The SMILES string of the molecule is CC(O)CCC[C@@H](C(=O)O)N1C(=O)c2ccccc2C1=O. The molecule has 0 aromatic heterocycles. The van der Waals surface area contributed by atoms with E-state index in [0.717, 1.165) is 4.90 Å². The van der Waals surface area contributed by atoms with Crippen LogP contribution in [0.3, 0.4) is 0 Å². The van der Waals surface area contributed by atoms with Crippen molar-refractivity contribution in [1.29, 1.82) is 0 Å². The molecule has 0 bridgehead atoms. The third kappa shape index (κ3) is 2.95. The molecule has 2 rings (SSSR count). The normalized spacial score (nSPS) is 16.8. The second-order valence-electron chi connectivity index (χ2n) is 5.16. The molecule has 2 amide bonds. The number of aliphatic carboxylic acids is 1. The Morgan fingerprint density at radius 2 is 1.67 bits per heavy atom. The van der Waals surface area contributed by atoms with Crippen molar-refractivity contribution in [3.8, 4) is 0 Å². The molecule has 0 saturated heterocycles. The first-order chi connectivity index (χ1) is 9.93. The second-order valence-corrected chi connectivity index (χ2v) is 5.16. The van der Waals surface area contributed by atoms with Gasteiger partial charge in [-0.25, -0.2) is 4.79 Å². The van der Waals surface area contributed by atoms with E-state index in [2.05, 4.69) is 0 Å². The number of aliphatic hydroxyl groups is 1. The molecular formula is C15H17NO5. The second kappa shape index (κ2) is 6.05. The number of carbonyl (C=O) groups is 3. The number of carboxylic acids is 1. The first kappa shape index (κ1) is 15.2. The lowest BCUT2D eigenvalue weighted by Gasteiger charge is -2.22. The predicted molar refractivity (Wildman–Crippen MR) is 73.9 cm³/mol. The Kier molecular flexibility index (Phi) is 4.37. The number of carbonyl (C=O) groups excluding carboxylic acids is 2. The number of carboxylic acid groups (broad SMARTS) is 1. The van der Waals surface area contributed by atoms with Crippen molar-refractivity contribution in [2.24, 2.45) is 0 Å². The van der Waals surface area contributed by atoms with E-state index in [4.69, 9.17) is 0 Å². The largest absolute Gasteiger partial charge is 0.480 e. The van der Waals surface area contributed by atoms with Crippen LogP contribution in [0, 0.1) is 0 Å². The number of hydrogen-bond donors (Lipinski definition) is 2. The van der Waals surface area contributed by atoms with Crippen molar-refractivity contribution in [3.63, 3.8) is 0 Å². The van der Waals surface area contributed by atoms with E-state index in [0.29, 0.717) is 12.8 Å². The summed E-state index contributed by atoms with van der Waals surface area (Å²) in [6, 6.07) is 5.11. The Balaban J connectivity index is 2.21. The molecule has 0 saturated carbocycles. The molecule has 112 valence electrons. The van der Waals surface area contributed by atoms with Gasteiger partial charge >= 0.3 is 5.97 Å². The fraction of sp³-hybridized carbons (Fsp3) is 0.400. The van der Waals surface area contributed by atoms with E-state index in [1.165, 1.54) is 12.1 Å². The Labute approximate surface area is 122 Å². The van der Waals surface area contributed by atoms with Crippen LogP contribution in [-0.4, -0.2) is 45.0 Å². The molecule has 2 N–H and O–H groups in total. The Bertz CT molecular complexity index is 546. The number of fused-ring (bicyclic) bond motifs is 1. The van der Waals surface area contributed by atoms with Gasteiger partial charge in [0.05, 0.1) is 17.2 Å². The summed E-state index contributed by atoms with van der Waals surface area (Å²) in [5.41, 5.74) is 0.480. The van der Waals surface area contributed by atoms with Crippen molar-refractivity contribution in [2.45, 2.75) is 38.3 Å².